The number of hydrazine groups is 1. The maximum atomic E-state index is 13.1. The van der Waals surface area contributed by atoms with E-state index in [0.717, 1.165) is 11.3 Å². The second-order valence-electron chi connectivity index (χ2n) is 6.48. The molecule has 1 N–H and O–H groups in total. The number of nitrogens with one attached hydrogen (secondary N) is 1. The van der Waals surface area contributed by atoms with Crippen molar-refractivity contribution in [2.24, 2.45) is 0 Å². The average Bonchev–Trinajstić information content (AvgIpc) is 2.66. The van der Waals surface area contributed by atoms with Crippen molar-refractivity contribution >= 4 is 47.2 Å². The number of ether oxygens (including phenoxy) is 2. The van der Waals surface area contributed by atoms with Gasteiger partial charge in [-0.15, -0.1) is 12.4 Å². The normalized spacial score (nSPS) is 24.0. The number of rotatable bonds is 3. The summed E-state index contributed by atoms with van der Waals surface area (Å²) < 4.78 is 11.7. The highest BCUT2D eigenvalue weighted by Crippen LogP contribution is 2.44. The largest absolute Gasteiger partial charge is 0.356 e. The zero-order chi connectivity index (χ0) is 19.0. The molecule has 2 aromatic carbocycles. The Morgan fingerprint density at radius 3 is 2.50 bits per heavy atom. The molecule has 148 valence electrons. The SMILES string of the molecule is CO[C@@H]1CC=C2NN(c3cc(Cl)cc(Cl)c3)C(=O)C[C@]2(c2ccccc2)O1.Cl. The Morgan fingerprint density at radius 2 is 1.86 bits per heavy atom. The van der Waals surface area contributed by atoms with Crippen molar-refractivity contribution in [2.45, 2.75) is 24.7 Å². The Labute approximate surface area is 179 Å². The van der Waals surface area contributed by atoms with Crippen LogP contribution < -0.4 is 10.4 Å². The van der Waals surface area contributed by atoms with E-state index < -0.39 is 11.9 Å². The van der Waals surface area contributed by atoms with E-state index in [-0.39, 0.29) is 24.7 Å². The summed E-state index contributed by atoms with van der Waals surface area (Å²) in [5.41, 5.74) is 4.54. The molecule has 1 fully saturated rings. The van der Waals surface area contributed by atoms with Crippen LogP contribution in [0.5, 0.6) is 0 Å². The van der Waals surface area contributed by atoms with E-state index in [1.807, 2.05) is 36.4 Å². The monoisotopic (exact) mass is 440 g/mol. The van der Waals surface area contributed by atoms with Gasteiger partial charge in [0.25, 0.3) is 0 Å². The third-order valence-corrected chi connectivity index (χ3v) is 5.21. The lowest BCUT2D eigenvalue weighted by atomic mass is 9.83. The van der Waals surface area contributed by atoms with Gasteiger partial charge >= 0.3 is 0 Å². The molecule has 2 aliphatic rings. The predicted octanol–water partition coefficient (Wildman–Crippen LogP) is 4.83. The number of carbonyl (C=O) groups is 1. The number of carbonyl (C=O) groups excluding carboxylic acids is 1. The second-order valence-corrected chi connectivity index (χ2v) is 7.35. The molecule has 2 aromatic rings. The zero-order valence-electron chi connectivity index (χ0n) is 15.0. The van der Waals surface area contributed by atoms with Gasteiger partial charge in [-0.1, -0.05) is 59.6 Å². The molecular formula is C20H19Cl3N2O3. The lowest BCUT2D eigenvalue weighted by molar-refractivity contribution is -0.204. The van der Waals surface area contributed by atoms with Crippen LogP contribution in [0.15, 0.2) is 60.3 Å². The summed E-state index contributed by atoms with van der Waals surface area (Å²) >= 11 is 12.2. The minimum absolute atomic E-state index is 0. The predicted molar refractivity (Wildman–Crippen MR) is 112 cm³/mol. The van der Waals surface area contributed by atoms with E-state index in [1.54, 1.807) is 25.3 Å². The maximum absolute atomic E-state index is 13.1. The number of anilines is 1. The van der Waals surface area contributed by atoms with E-state index >= 15 is 0 Å². The highest BCUT2D eigenvalue weighted by molar-refractivity contribution is 6.35. The van der Waals surface area contributed by atoms with Crippen molar-refractivity contribution in [1.29, 1.82) is 0 Å². The molecule has 0 radical (unpaired) electrons. The van der Waals surface area contributed by atoms with Crippen LogP contribution in [0.1, 0.15) is 18.4 Å². The Balaban J connectivity index is 0.00000225. The summed E-state index contributed by atoms with van der Waals surface area (Å²) in [6.07, 6.45) is 2.29. The van der Waals surface area contributed by atoms with Gasteiger partial charge in [-0.3, -0.25) is 10.2 Å². The molecule has 0 bridgehead atoms. The Bertz CT molecular complexity index is 887. The van der Waals surface area contributed by atoms with E-state index in [9.17, 15) is 4.79 Å². The molecule has 28 heavy (non-hydrogen) atoms. The van der Waals surface area contributed by atoms with Crippen LogP contribution in [0, 0.1) is 0 Å². The van der Waals surface area contributed by atoms with Crippen molar-refractivity contribution in [3.63, 3.8) is 0 Å². The summed E-state index contributed by atoms with van der Waals surface area (Å²) in [7, 11) is 1.60. The summed E-state index contributed by atoms with van der Waals surface area (Å²) in [5, 5.41) is 2.38. The van der Waals surface area contributed by atoms with Gasteiger partial charge in [-0.25, -0.2) is 5.01 Å². The molecule has 0 saturated carbocycles. The molecule has 2 aliphatic heterocycles. The number of hydrogen-bond donors (Lipinski definition) is 1. The molecule has 2 atom stereocenters. The second kappa shape index (κ2) is 8.31. The molecule has 4 rings (SSSR count). The third-order valence-electron chi connectivity index (χ3n) is 4.77. The van der Waals surface area contributed by atoms with Crippen molar-refractivity contribution in [2.75, 3.05) is 12.1 Å². The molecule has 1 amide bonds. The summed E-state index contributed by atoms with van der Waals surface area (Å²) in [6.45, 7) is 0. The lowest BCUT2D eigenvalue weighted by Crippen LogP contribution is -2.58. The van der Waals surface area contributed by atoms with Crippen LogP contribution >= 0.6 is 35.6 Å². The number of nitrogens with zero attached hydrogens (tertiary/aromatic N) is 1. The van der Waals surface area contributed by atoms with Crippen LogP contribution in [0.4, 0.5) is 5.69 Å². The smallest absolute Gasteiger partial charge is 0.249 e. The fraction of sp³-hybridized carbons (Fsp3) is 0.250. The molecule has 0 spiro atoms. The maximum Gasteiger partial charge on any atom is 0.249 e. The fourth-order valence-corrected chi connectivity index (χ4v) is 4.03. The van der Waals surface area contributed by atoms with Crippen LogP contribution in [-0.4, -0.2) is 19.3 Å². The van der Waals surface area contributed by atoms with Crippen molar-refractivity contribution in [3.05, 3.63) is 75.9 Å². The van der Waals surface area contributed by atoms with E-state index in [1.165, 1.54) is 5.01 Å². The van der Waals surface area contributed by atoms with Crippen LogP contribution in [0.25, 0.3) is 0 Å². The molecular weight excluding hydrogens is 423 g/mol. The van der Waals surface area contributed by atoms with Gasteiger partial charge in [-0.2, -0.15) is 0 Å². The Kier molecular flexibility index (Phi) is 6.22. The van der Waals surface area contributed by atoms with Gasteiger partial charge in [0.15, 0.2) is 6.29 Å². The van der Waals surface area contributed by atoms with Crippen molar-refractivity contribution in [1.82, 2.24) is 5.43 Å². The molecule has 2 heterocycles. The molecule has 0 aliphatic carbocycles. The third kappa shape index (κ3) is 3.73. The zero-order valence-corrected chi connectivity index (χ0v) is 17.4. The van der Waals surface area contributed by atoms with Crippen LogP contribution in [0.3, 0.4) is 0 Å². The number of fused-ring (bicyclic) bond motifs is 1. The van der Waals surface area contributed by atoms with Gasteiger partial charge in [0.1, 0.15) is 5.60 Å². The first-order valence-electron chi connectivity index (χ1n) is 8.54. The Morgan fingerprint density at radius 1 is 1.18 bits per heavy atom. The number of amides is 1. The molecule has 0 unspecified atom stereocenters. The minimum atomic E-state index is -0.920. The average molecular weight is 442 g/mol. The lowest BCUT2D eigenvalue weighted by Gasteiger charge is -2.47. The quantitative estimate of drug-likeness (QED) is 0.741. The molecule has 8 heteroatoms. The summed E-state index contributed by atoms with van der Waals surface area (Å²) in [6, 6.07) is 14.7. The van der Waals surface area contributed by atoms with Crippen LogP contribution in [0.2, 0.25) is 10.0 Å². The van der Waals surface area contributed by atoms with Crippen molar-refractivity contribution in [3.8, 4) is 0 Å². The highest BCUT2D eigenvalue weighted by Gasteiger charge is 2.49. The van der Waals surface area contributed by atoms with Gasteiger partial charge in [0.2, 0.25) is 5.91 Å². The number of methoxy groups -OCH3 is 1. The van der Waals surface area contributed by atoms with E-state index in [2.05, 4.69) is 5.43 Å². The first-order valence-corrected chi connectivity index (χ1v) is 9.30. The van der Waals surface area contributed by atoms with Crippen molar-refractivity contribution < 1.29 is 14.3 Å². The fourth-order valence-electron chi connectivity index (χ4n) is 3.52. The standard InChI is InChI=1S/C20H18Cl2N2O3.ClH/c1-26-19-8-7-17-20(27-19,13-5-3-2-4-6-13)12-18(25)24(23-17)16-10-14(21)9-15(22)11-16;/h2-7,9-11,19,23H,8,12H2,1H3;1H/t19-,20+;/m0./s1. The summed E-state index contributed by atoms with van der Waals surface area (Å²) in [4.78, 5) is 13.1. The topological polar surface area (TPSA) is 50.8 Å². The minimum Gasteiger partial charge on any atom is -0.356 e. The van der Waals surface area contributed by atoms with Crippen LogP contribution in [-0.2, 0) is 19.9 Å². The Hall–Kier alpha value is -1.76. The van der Waals surface area contributed by atoms with Gasteiger partial charge in [-0.05, 0) is 23.8 Å². The highest BCUT2D eigenvalue weighted by atomic mass is 35.5. The summed E-state index contributed by atoms with van der Waals surface area (Å²) in [5.74, 6) is -0.161. The molecule has 1 saturated heterocycles. The number of benzene rings is 2. The first kappa shape index (κ1) is 21.0. The van der Waals surface area contributed by atoms with Gasteiger partial charge < -0.3 is 9.47 Å². The van der Waals surface area contributed by atoms with Gasteiger partial charge in [0.05, 0.1) is 17.8 Å². The number of halogens is 3. The number of hydrogen-bond acceptors (Lipinski definition) is 4. The first-order chi connectivity index (χ1) is 13.0. The van der Waals surface area contributed by atoms with E-state index in [0.29, 0.717) is 22.2 Å². The van der Waals surface area contributed by atoms with Gasteiger partial charge in [0, 0.05) is 23.6 Å². The molecule has 5 nitrogen and oxygen atoms in total. The molecule has 0 aromatic heterocycles. The van der Waals surface area contributed by atoms with E-state index in [4.69, 9.17) is 32.7 Å².